The molecule has 0 aliphatic rings. The molecule has 0 heterocycles. The van der Waals surface area contributed by atoms with E-state index in [9.17, 15) is 32.5 Å². The number of carbonyl (C=O) groups excluding carboxylic acids is 1. The van der Waals surface area contributed by atoms with Crippen molar-refractivity contribution in [3.63, 3.8) is 0 Å². The average Bonchev–Trinajstić information content (AvgIpc) is 2.58. The first kappa shape index (κ1) is 19.7. The topological polar surface area (TPSA) is 72.2 Å². The van der Waals surface area contributed by atoms with E-state index in [-0.39, 0.29) is 17.2 Å². The van der Waals surface area contributed by atoms with E-state index in [2.05, 4.69) is 5.32 Å². The molecule has 0 unspecified atom stereocenters. The lowest BCUT2D eigenvalue weighted by atomic mass is 10.2. The Morgan fingerprint density at radius 1 is 1.15 bits per heavy atom. The molecule has 2 rings (SSSR count). The first-order valence-electron chi connectivity index (χ1n) is 7.16. The molecule has 0 fully saturated rings. The number of thioether (sulfide) groups is 1. The number of hydrogen-bond donors (Lipinski definition) is 1. The monoisotopic (exact) mass is 388 g/mol. The minimum absolute atomic E-state index is 0.0417. The molecule has 2 aromatic rings. The standard InChI is InChI=1S/C16H12F4N2O3S/c17-12-4-1-10(2-5-12)8-21-15(23)9-26-14-6-3-11(16(18,19)20)7-13(14)22(24)25/h1-7H,8-9H2,(H,21,23). The lowest BCUT2D eigenvalue weighted by Crippen LogP contribution is -2.24. The summed E-state index contributed by atoms with van der Waals surface area (Å²) < 4.78 is 50.7. The second-order valence-electron chi connectivity index (χ2n) is 5.13. The summed E-state index contributed by atoms with van der Waals surface area (Å²) in [6, 6.07) is 7.60. The van der Waals surface area contributed by atoms with Crippen LogP contribution in [0.25, 0.3) is 0 Å². The van der Waals surface area contributed by atoms with Gasteiger partial charge in [0.25, 0.3) is 5.69 Å². The van der Waals surface area contributed by atoms with Crippen molar-refractivity contribution < 1.29 is 27.3 Å². The molecule has 138 valence electrons. The number of nitro groups is 1. The van der Waals surface area contributed by atoms with E-state index in [1.807, 2.05) is 0 Å². The Labute approximate surface area is 149 Å². The van der Waals surface area contributed by atoms with Crippen LogP contribution in [0.2, 0.25) is 0 Å². The van der Waals surface area contributed by atoms with E-state index in [0.717, 1.165) is 23.9 Å². The van der Waals surface area contributed by atoms with Gasteiger partial charge in [-0.15, -0.1) is 11.8 Å². The van der Waals surface area contributed by atoms with Crippen LogP contribution in [-0.4, -0.2) is 16.6 Å². The first-order valence-corrected chi connectivity index (χ1v) is 8.15. The van der Waals surface area contributed by atoms with Crippen LogP contribution in [0.1, 0.15) is 11.1 Å². The summed E-state index contributed by atoms with van der Waals surface area (Å²) in [4.78, 5) is 21.8. The zero-order valence-corrected chi connectivity index (χ0v) is 13.9. The number of amides is 1. The normalized spacial score (nSPS) is 11.2. The van der Waals surface area contributed by atoms with Gasteiger partial charge in [0.05, 0.1) is 21.1 Å². The number of nitrogens with one attached hydrogen (secondary N) is 1. The fourth-order valence-corrected chi connectivity index (χ4v) is 2.79. The number of alkyl halides is 3. The molecule has 0 aromatic heterocycles. The molecule has 1 amide bonds. The number of nitrogens with zero attached hydrogens (tertiary/aromatic N) is 1. The summed E-state index contributed by atoms with van der Waals surface area (Å²) in [6.07, 6.45) is -4.69. The summed E-state index contributed by atoms with van der Waals surface area (Å²) in [5.74, 6) is -1.09. The van der Waals surface area contributed by atoms with E-state index in [4.69, 9.17) is 0 Å². The van der Waals surface area contributed by atoms with Crippen molar-refractivity contribution in [3.05, 3.63) is 69.5 Å². The zero-order chi connectivity index (χ0) is 19.3. The van der Waals surface area contributed by atoms with Crippen molar-refractivity contribution in [3.8, 4) is 0 Å². The van der Waals surface area contributed by atoms with Gasteiger partial charge in [0.2, 0.25) is 5.91 Å². The molecule has 0 radical (unpaired) electrons. The molecule has 0 saturated heterocycles. The van der Waals surface area contributed by atoms with Gasteiger partial charge in [-0.3, -0.25) is 14.9 Å². The molecule has 0 saturated carbocycles. The summed E-state index contributed by atoms with van der Waals surface area (Å²) in [5.41, 5.74) is -1.18. The number of halogens is 4. The highest BCUT2D eigenvalue weighted by molar-refractivity contribution is 8.00. The Morgan fingerprint density at radius 2 is 1.81 bits per heavy atom. The number of nitro benzene ring substituents is 1. The van der Waals surface area contributed by atoms with Gasteiger partial charge >= 0.3 is 6.18 Å². The lowest BCUT2D eigenvalue weighted by Gasteiger charge is -2.09. The molecule has 2 aromatic carbocycles. The van der Waals surface area contributed by atoms with Crippen LogP contribution in [0.4, 0.5) is 23.2 Å². The van der Waals surface area contributed by atoms with Crippen LogP contribution >= 0.6 is 11.8 Å². The maximum Gasteiger partial charge on any atom is 0.416 e. The second-order valence-corrected chi connectivity index (χ2v) is 6.15. The summed E-state index contributed by atoms with van der Waals surface area (Å²) in [7, 11) is 0. The molecule has 0 spiro atoms. The van der Waals surface area contributed by atoms with E-state index in [1.165, 1.54) is 24.3 Å². The van der Waals surface area contributed by atoms with Gasteiger partial charge in [0.15, 0.2) is 0 Å². The van der Waals surface area contributed by atoms with Crippen molar-refractivity contribution in [2.75, 3.05) is 5.75 Å². The average molecular weight is 388 g/mol. The van der Waals surface area contributed by atoms with E-state index >= 15 is 0 Å². The first-order chi connectivity index (χ1) is 12.2. The van der Waals surface area contributed by atoms with Crippen molar-refractivity contribution in [1.29, 1.82) is 0 Å². The molecule has 0 bridgehead atoms. The van der Waals surface area contributed by atoms with Gasteiger partial charge < -0.3 is 5.32 Å². The second kappa shape index (κ2) is 8.17. The highest BCUT2D eigenvalue weighted by Gasteiger charge is 2.33. The minimum Gasteiger partial charge on any atom is -0.351 e. The zero-order valence-electron chi connectivity index (χ0n) is 13.0. The van der Waals surface area contributed by atoms with E-state index in [0.29, 0.717) is 11.6 Å². The van der Waals surface area contributed by atoms with Gasteiger partial charge in [-0.1, -0.05) is 12.1 Å². The molecule has 10 heteroatoms. The van der Waals surface area contributed by atoms with Crippen molar-refractivity contribution in [2.24, 2.45) is 0 Å². The Morgan fingerprint density at radius 3 is 2.38 bits per heavy atom. The Kier molecular flexibility index (Phi) is 6.19. The molecular formula is C16H12F4N2O3S. The number of rotatable bonds is 6. The summed E-state index contributed by atoms with van der Waals surface area (Å²) in [6.45, 7) is 0.134. The van der Waals surface area contributed by atoms with Crippen LogP contribution in [0, 0.1) is 15.9 Å². The molecule has 5 nitrogen and oxygen atoms in total. The third-order valence-electron chi connectivity index (χ3n) is 3.24. The van der Waals surface area contributed by atoms with Crippen LogP contribution in [-0.2, 0) is 17.5 Å². The third kappa shape index (κ3) is 5.45. The number of benzene rings is 2. The predicted octanol–water partition coefficient (Wildman–Crippen LogP) is 4.16. The largest absolute Gasteiger partial charge is 0.416 e. The molecule has 0 aliphatic heterocycles. The van der Waals surface area contributed by atoms with Gasteiger partial charge in [0.1, 0.15) is 5.82 Å². The smallest absolute Gasteiger partial charge is 0.351 e. The van der Waals surface area contributed by atoms with Crippen LogP contribution in [0.5, 0.6) is 0 Å². The predicted molar refractivity (Wildman–Crippen MR) is 87.1 cm³/mol. The summed E-state index contributed by atoms with van der Waals surface area (Å²) >= 11 is 0.759. The molecular weight excluding hydrogens is 376 g/mol. The van der Waals surface area contributed by atoms with E-state index in [1.54, 1.807) is 0 Å². The van der Waals surface area contributed by atoms with Crippen molar-refractivity contribution in [1.82, 2.24) is 5.32 Å². The molecule has 0 atom stereocenters. The van der Waals surface area contributed by atoms with Crippen LogP contribution < -0.4 is 5.32 Å². The van der Waals surface area contributed by atoms with Crippen LogP contribution in [0.3, 0.4) is 0 Å². The summed E-state index contributed by atoms with van der Waals surface area (Å²) in [5, 5.41) is 13.5. The van der Waals surface area contributed by atoms with Crippen molar-refractivity contribution in [2.45, 2.75) is 17.6 Å². The van der Waals surface area contributed by atoms with Gasteiger partial charge in [-0.2, -0.15) is 13.2 Å². The number of carbonyl (C=O) groups is 1. The SMILES string of the molecule is O=C(CSc1ccc(C(F)(F)F)cc1[N+](=O)[O-])NCc1ccc(F)cc1. The third-order valence-corrected chi connectivity index (χ3v) is 4.31. The van der Waals surface area contributed by atoms with Gasteiger partial charge in [-0.05, 0) is 29.8 Å². The van der Waals surface area contributed by atoms with E-state index < -0.39 is 34.1 Å². The van der Waals surface area contributed by atoms with Gasteiger partial charge in [0, 0.05) is 12.6 Å². The quantitative estimate of drug-likeness (QED) is 0.349. The van der Waals surface area contributed by atoms with Crippen molar-refractivity contribution >= 4 is 23.4 Å². The highest BCUT2D eigenvalue weighted by atomic mass is 32.2. The number of hydrogen-bond acceptors (Lipinski definition) is 4. The Balaban J connectivity index is 1.98. The molecule has 0 aliphatic carbocycles. The minimum atomic E-state index is -4.69. The van der Waals surface area contributed by atoms with Gasteiger partial charge in [-0.25, -0.2) is 4.39 Å². The Bertz CT molecular complexity index is 810. The maximum absolute atomic E-state index is 12.8. The molecule has 1 N–H and O–H groups in total. The fourth-order valence-electron chi connectivity index (χ4n) is 1.96. The Hall–Kier alpha value is -2.62. The van der Waals surface area contributed by atoms with Crippen LogP contribution in [0.15, 0.2) is 47.4 Å². The maximum atomic E-state index is 12.8. The fraction of sp³-hybridized carbons (Fsp3) is 0.188. The lowest BCUT2D eigenvalue weighted by molar-refractivity contribution is -0.388. The highest BCUT2D eigenvalue weighted by Crippen LogP contribution is 2.36. The molecule has 26 heavy (non-hydrogen) atoms.